The van der Waals surface area contributed by atoms with Gasteiger partial charge < -0.3 is 10.6 Å². The number of carbonyl (C=O) groups excluding carboxylic acids is 1. The van der Waals surface area contributed by atoms with Gasteiger partial charge in [-0.3, -0.25) is 9.78 Å². The maximum absolute atomic E-state index is 12.2. The monoisotopic (exact) mass is 387 g/mol. The average Bonchev–Trinajstić information content (AvgIpc) is 2.48. The van der Waals surface area contributed by atoms with Gasteiger partial charge in [0, 0.05) is 22.9 Å². The van der Waals surface area contributed by atoms with E-state index < -0.39 is 0 Å². The Bertz CT molecular complexity index is 679. The van der Waals surface area contributed by atoms with Crippen LogP contribution in [-0.2, 0) is 0 Å². The predicted octanol–water partition coefficient (Wildman–Crippen LogP) is 4.84. The van der Waals surface area contributed by atoms with Crippen LogP contribution in [0.4, 0.5) is 11.4 Å². The standard InChI is InChI=1S/C14H12BrCl2N3O/c1-2-18-8-5-6-19-11(7-8)14(21)20-10-4-3-9(15)12(16)13(10)17/h3-7H,2H2,1H3,(H,18,19)(H,20,21). The van der Waals surface area contributed by atoms with Crippen LogP contribution in [-0.4, -0.2) is 17.4 Å². The summed E-state index contributed by atoms with van der Waals surface area (Å²) >= 11 is 15.4. The smallest absolute Gasteiger partial charge is 0.274 e. The number of aromatic nitrogens is 1. The lowest BCUT2D eigenvalue weighted by molar-refractivity contribution is 0.102. The molecule has 2 rings (SSSR count). The normalized spacial score (nSPS) is 10.3. The van der Waals surface area contributed by atoms with Crippen molar-refractivity contribution in [3.8, 4) is 0 Å². The summed E-state index contributed by atoms with van der Waals surface area (Å²) in [4.78, 5) is 16.3. The molecule has 0 fully saturated rings. The molecule has 0 aliphatic rings. The Balaban J connectivity index is 2.22. The van der Waals surface area contributed by atoms with E-state index in [4.69, 9.17) is 23.2 Å². The highest BCUT2D eigenvalue weighted by Crippen LogP contribution is 2.35. The van der Waals surface area contributed by atoms with E-state index in [9.17, 15) is 4.79 Å². The van der Waals surface area contributed by atoms with Crippen molar-refractivity contribution >= 4 is 56.4 Å². The highest BCUT2D eigenvalue weighted by Gasteiger charge is 2.13. The first kappa shape index (κ1) is 16.1. The first-order valence-corrected chi connectivity index (χ1v) is 7.72. The molecule has 1 aromatic carbocycles. The molecule has 0 aliphatic heterocycles. The Hall–Kier alpha value is -1.30. The molecule has 0 bridgehead atoms. The molecule has 0 radical (unpaired) electrons. The number of nitrogens with one attached hydrogen (secondary N) is 2. The molecule has 110 valence electrons. The topological polar surface area (TPSA) is 54.0 Å². The molecule has 1 aromatic heterocycles. The van der Waals surface area contributed by atoms with Gasteiger partial charge in [0.1, 0.15) is 5.69 Å². The van der Waals surface area contributed by atoms with Crippen LogP contribution >= 0.6 is 39.1 Å². The van der Waals surface area contributed by atoms with Crippen molar-refractivity contribution in [3.63, 3.8) is 0 Å². The molecule has 1 heterocycles. The molecule has 1 amide bonds. The van der Waals surface area contributed by atoms with E-state index in [1.54, 1.807) is 30.5 Å². The third-order valence-electron chi connectivity index (χ3n) is 2.66. The van der Waals surface area contributed by atoms with Crippen molar-refractivity contribution in [2.45, 2.75) is 6.92 Å². The third-order valence-corrected chi connectivity index (χ3v) is 4.43. The van der Waals surface area contributed by atoms with Gasteiger partial charge in [-0.2, -0.15) is 0 Å². The van der Waals surface area contributed by atoms with E-state index in [1.807, 2.05) is 6.92 Å². The van der Waals surface area contributed by atoms with E-state index in [1.165, 1.54) is 0 Å². The van der Waals surface area contributed by atoms with E-state index in [-0.39, 0.29) is 10.9 Å². The SMILES string of the molecule is CCNc1ccnc(C(=O)Nc2ccc(Br)c(Cl)c2Cl)c1. The van der Waals surface area contributed by atoms with Crippen LogP contribution in [0.15, 0.2) is 34.9 Å². The summed E-state index contributed by atoms with van der Waals surface area (Å²) in [6.07, 6.45) is 1.57. The lowest BCUT2D eigenvalue weighted by Crippen LogP contribution is -2.14. The number of rotatable bonds is 4. The summed E-state index contributed by atoms with van der Waals surface area (Å²) < 4.78 is 0.666. The van der Waals surface area contributed by atoms with Gasteiger partial charge in [0.05, 0.1) is 15.7 Å². The lowest BCUT2D eigenvalue weighted by atomic mass is 10.2. The van der Waals surface area contributed by atoms with Gasteiger partial charge in [-0.15, -0.1) is 0 Å². The van der Waals surface area contributed by atoms with Gasteiger partial charge in [-0.05, 0) is 47.1 Å². The fourth-order valence-electron chi connectivity index (χ4n) is 1.68. The second-order valence-electron chi connectivity index (χ2n) is 4.14. The minimum Gasteiger partial charge on any atom is -0.385 e. The molecular formula is C14H12BrCl2N3O. The zero-order valence-corrected chi connectivity index (χ0v) is 14.2. The molecule has 0 aliphatic carbocycles. The van der Waals surface area contributed by atoms with E-state index in [2.05, 4.69) is 31.5 Å². The second kappa shape index (κ2) is 7.11. The van der Waals surface area contributed by atoms with Crippen molar-refractivity contribution in [3.05, 3.63) is 50.7 Å². The number of amides is 1. The number of hydrogen-bond acceptors (Lipinski definition) is 3. The number of pyridine rings is 1. The van der Waals surface area contributed by atoms with Crippen LogP contribution in [0.1, 0.15) is 17.4 Å². The Kier molecular flexibility index (Phi) is 5.45. The molecule has 0 unspecified atom stereocenters. The molecule has 0 saturated carbocycles. The average molecular weight is 389 g/mol. The van der Waals surface area contributed by atoms with Crippen LogP contribution in [0.3, 0.4) is 0 Å². The summed E-state index contributed by atoms with van der Waals surface area (Å²) in [6.45, 7) is 2.74. The fourth-order valence-corrected chi connectivity index (χ4v) is 2.50. The van der Waals surface area contributed by atoms with Crippen molar-refractivity contribution in [1.29, 1.82) is 0 Å². The van der Waals surface area contributed by atoms with E-state index in [0.717, 1.165) is 12.2 Å². The zero-order valence-electron chi connectivity index (χ0n) is 11.1. The van der Waals surface area contributed by atoms with Crippen LogP contribution in [0, 0.1) is 0 Å². The molecular weight excluding hydrogens is 377 g/mol. The van der Waals surface area contributed by atoms with Gasteiger partial charge in [0.25, 0.3) is 5.91 Å². The number of hydrogen-bond donors (Lipinski definition) is 2. The molecule has 21 heavy (non-hydrogen) atoms. The highest BCUT2D eigenvalue weighted by atomic mass is 79.9. The Labute approximate surface area is 141 Å². The summed E-state index contributed by atoms with van der Waals surface area (Å²) in [5.41, 5.74) is 1.56. The summed E-state index contributed by atoms with van der Waals surface area (Å²) in [7, 11) is 0. The summed E-state index contributed by atoms with van der Waals surface area (Å²) in [5.74, 6) is -0.352. The van der Waals surface area contributed by atoms with Gasteiger partial charge in [-0.25, -0.2) is 0 Å². The first-order chi connectivity index (χ1) is 10.0. The van der Waals surface area contributed by atoms with Gasteiger partial charge in [-0.1, -0.05) is 23.2 Å². The van der Waals surface area contributed by atoms with Crippen LogP contribution in [0.5, 0.6) is 0 Å². The fraction of sp³-hybridized carbons (Fsp3) is 0.143. The van der Waals surface area contributed by atoms with Crippen molar-refractivity contribution in [1.82, 2.24) is 4.98 Å². The van der Waals surface area contributed by atoms with Crippen molar-refractivity contribution < 1.29 is 4.79 Å². The minimum absolute atomic E-state index is 0.280. The molecule has 2 aromatic rings. The number of nitrogens with zero attached hydrogens (tertiary/aromatic N) is 1. The highest BCUT2D eigenvalue weighted by molar-refractivity contribution is 9.10. The van der Waals surface area contributed by atoms with Crippen LogP contribution < -0.4 is 10.6 Å². The maximum atomic E-state index is 12.2. The molecule has 7 heteroatoms. The van der Waals surface area contributed by atoms with Crippen molar-refractivity contribution in [2.75, 3.05) is 17.2 Å². The first-order valence-electron chi connectivity index (χ1n) is 6.17. The van der Waals surface area contributed by atoms with Crippen molar-refractivity contribution in [2.24, 2.45) is 0 Å². The van der Waals surface area contributed by atoms with E-state index in [0.29, 0.717) is 20.9 Å². The largest absolute Gasteiger partial charge is 0.385 e. The maximum Gasteiger partial charge on any atom is 0.274 e. The Morgan fingerprint density at radius 1 is 1.29 bits per heavy atom. The van der Waals surface area contributed by atoms with Crippen LogP contribution in [0.25, 0.3) is 0 Å². The number of halogens is 3. The third kappa shape index (κ3) is 3.87. The number of anilines is 2. The lowest BCUT2D eigenvalue weighted by Gasteiger charge is -2.10. The summed E-state index contributed by atoms with van der Waals surface area (Å²) in [5, 5.41) is 6.45. The predicted molar refractivity (Wildman–Crippen MR) is 90.5 cm³/mol. The van der Waals surface area contributed by atoms with Crippen LogP contribution in [0.2, 0.25) is 10.0 Å². The molecule has 4 nitrogen and oxygen atoms in total. The molecule has 2 N–H and O–H groups in total. The minimum atomic E-state index is -0.352. The number of carbonyl (C=O) groups is 1. The zero-order chi connectivity index (χ0) is 15.4. The molecule has 0 saturated heterocycles. The number of benzene rings is 1. The Morgan fingerprint density at radius 3 is 2.76 bits per heavy atom. The van der Waals surface area contributed by atoms with Gasteiger partial charge in [0.15, 0.2) is 0 Å². The Morgan fingerprint density at radius 2 is 2.05 bits per heavy atom. The quantitative estimate of drug-likeness (QED) is 0.737. The second-order valence-corrected chi connectivity index (χ2v) is 5.75. The summed E-state index contributed by atoms with van der Waals surface area (Å²) in [6, 6.07) is 6.85. The molecule has 0 atom stereocenters. The molecule has 0 spiro atoms. The van der Waals surface area contributed by atoms with E-state index >= 15 is 0 Å². The van der Waals surface area contributed by atoms with Gasteiger partial charge in [0.2, 0.25) is 0 Å². The van der Waals surface area contributed by atoms with Gasteiger partial charge >= 0.3 is 0 Å².